The van der Waals surface area contributed by atoms with Gasteiger partial charge in [-0.05, 0) is 32.9 Å². The molecular formula is C54H57FN20O14. The normalized spacial score (nSPS) is 10.4. The number of methoxy groups -OCH3 is 4. The first-order valence-electron chi connectivity index (χ1n) is 25.5. The van der Waals surface area contributed by atoms with Gasteiger partial charge in [0.15, 0.2) is 22.9 Å². The average molecular weight is 1230 g/mol. The SMILES string of the molecule is COc1cc(-c2cnn(C)c2C(=O)CO)nc(OC)n1.COc1cc(-c2cnn(C)c2C(=O)O)nc(OC)n1.Cc1cc(-c2cnn(C)c2C(=O)CO)ncn1.Cc1cc(-c2cnn(C)c2C(=O)O)ncn1.Cc1ncnc(-c2cnn(C)c2C(=O)O)c1F. The van der Waals surface area contributed by atoms with E-state index in [0.717, 1.165) is 16.1 Å². The van der Waals surface area contributed by atoms with Crippen LogP contribution in [0.3, 0.4) is 0 Å². The molecule has 0 aromatic carbocycles. The first kappa shape index (κ1) is 66.4. The Morgan fingerprint density at radius 3 is 1.10 bits per heavy atom. The van der Waals surface area contributed by atoms with E-state index in [9.17, 15) is 33.5 Å². The third-order valence-electron chi connectivity index (χ3n) is 12.2. The number of aromatic nitrogens is 20. The van der Waals surface area contributed by atoms with Crippen molar-refractivity contribution >= 4 is 29.5 Å². The molecule has 0 saturated carbocycles. The van der Waals surface area contributed by atoms with E-state index in [1.807, 2.05) is 13.8 Å². The van der Waals surface area contributed by atoms with Crippen LogP contribution in [0.15, 0.2) is 74.2 Å². The molecule has 0 radical (unpaired) electrons. The second-order valence-corrected chi connectivity index (χ2v) is 18.0. The van der Waals surface area contributed by atoms with Crippen LogP contribution in [0, 0.1) is 26.6 Å². The zero-order chi connectivity index (χ0) is 65.4. The topological polar surface area (TPSA) is 441 Å². The van der Waals surface area contributed by atoms with E-state index in [1.54, 1.807) is 52.6 Å². The summed E-state index contributed by atoms with van der Waals surface area (Å²) in [5.74, 6) is -4.18. The largest absolute Gasteiger partial charge is 0.481 e. The summed E-state index contributed by atoms with van der Waals surface area (Å²) in [6.45, 7) is 4.00. The summed E-state index contributed by atoms with van der Waals surface area (Å²) in [4.78, 5) is 96.5. The molecule has 0 unspecified atom stereocenters. The summed E-state index contributed by atoms with van der Waals surface area (Å²) in [6.07, 6.45) is 11.3. The van der Waals surface area contributed by atoms with Crippen molar-refractivity contribution in [2.45, 2.75) is 20.8 Å². The maximum Gasteiger partial charge on any atom is 0.354 e. The van der Waals surface area contributed by atoms with Gasteiger partial charge in [0.1, 0.15) is 49.3 Å². The summed E-state index contributed by atoms with van der Waals surface area (Å²) >= 11 is 0. The number of aliphatic hydroxyl groups is 2. The van der Waals surface area contributed by atoms with Gasteiger partial charge in [0.05, 0.1) is 105 Å². The summed E-state index contributed by atoms with van der Waals surface area (Å²) in [6, 6.07) is 6.79. The second-order valence-electron chi connectivity index (χ2n) is 18.0. The van der Waals surface area contributed by atoms with Gasteiger partial charge in [-0.3, -0.25) is 33.0 Å². The maximum atomic E-state index is 13.8. The summed E-state index contributed by atoms with van der Waals surface area (Å²) in [5.41, 5.74) is 6.45. The molecule has 0 amide bonds. The highest BCUT2D eigenvalue weighted by Crippen LogP contribution is 2.29. The molecule has 0 aliphatic heterocycles. The number of carbonyl (C=O) groups is 5. The molecule has 10 heterocycles. The lowest BCUT2D eigenvalue weighted by Gasteiger charge is -2.07. The van der Waals surface area contributed by atoms with E-state index >= 15 is 0 Å². The molecule has 35 heteroatoms. The van der Waals surface area contributed by atoms with E-state index in [-0.39, 0.29) is 63.4 Å². The Bertz CT molecular complexity index is 4150. The fourth-order valence-corrected chi connectivity index (χ4v) is 8.01. The number of rotatable bonds is 16. The number of aliphatic hydroxyl groups excluding tert-OH is 2. The Labute approximate surface area is 503 Å². The number of carboxylic acid groups (broad SMARTS) is 3. The van der Waals surface area contributed by atoms with E-state index in [4.69, 9.17) is 39.4 Å². The van der Waals surface area contributed by atoms with E-state index in [2.05, 4.69) is 75.3 Å². The van der Waals surface area contributed by atoms with Crippen LogP contribution < -0.4 is 18.9 Å². The quantitative estimate of drug-likeness (QED) is 0.0868. The zero-order valence-corrected chi connectivity index (χ0v) is 49.6. The highest BCUT2D eigenvalue weighted by Gasteiger charge is 2.25. The molecule has 10 aromatic heterocycles. The number of carboxylic acids is 3. The molecule has 0 spiro atoms. The molecule has 89 heavy (non-hydrogen) atoms. The molecule has 5 N–H and O–H groups in total. The van der Waals surface area contributed by atoms with Crippen LogP contribution in [0.25, 0.3) is 56.3 Å². The van der Waals surface area contributed by atoms with E-state index in [1.165, 1.54) is 111 Å². The minimum absolute atomic E-state index is 0.0304. The van der Waals surface area contributed by atoms with Gasteiger partial charge >= 0.3 is 29.9 Å². The highest BCUT2D eigenvalue weighted by molar-refractivity contribution is 6.02. The van der Waals surface area contributed by atoms with Crippen LogP contribution in [0.1, 0.15) is 69.5 Å². The number of hydrogen-bond acceptors (Lipinski definition) is 26. The molecule has 0 aliphatic carbocycles. The average Bonchev–Trinajstić information content (AvgIpc) is 1.89. The zero-order valence-electron chi connectivity index (χ0n) is 49.6. The van der Waals surface area contributed by atoms with Gasteiger partial charge in [0, 0.05) is 69.9 Å². The molecular weight excluding hydrogens is 1170 g/mol. The Balaban J connectivity index is 0.000000178. The molecule has 0 aliphatic rings. The van der Waals surface area contributed by atoms with Crippen molar-refractivity contribution in [3.8, 4) is 80.1 Å². The Kier molecular flexibility index (Phi) is 22.3. The number of nitrogens with zero attached hydrogens (tertiary/aromatic N) is 20. The number of Topliss-reactive ketones (excluding diaryl/α,β-unsaturated/α-hetero) is 2. The first-order valence-corrected chi connectivity index (χ1v) is 25.5. The first-order chi connectivity index (χ1) is 42.4. The fourth-order valence-electron chi connectivity index (χ4n) is 8.01. The molecule has 10 rings (SSSR count). The van der Waals surface area contributed by atoms with Gasteiger partial charge < -0.3 is 44.5 Å². The minimum Gasteiger partial charge on any atom is -0.481 e. The number of aryl methyl sites for hydroxylation is 8. The second kappa shape index (κ2) is 29.9. The number of aromatic carboxylic acids is 3. The van der Waals surface area contributed by atoms with Crippen molar-refractivity contribution in [2.24, 2.45) is 35.2 Å². The van der Waals surface area contributed by atoms with Crippen LogP contribution in [0.4, 0.5) is 4.39 Å². The lowest BCUT2D eigenvalue weighted by Crippen LogP contribution is -2.12. The third-order valence-corrected chi connectivity index (χ3v) is 12.2. The predicted octanol–water partition coefficient (Wildman–Crippen LogP) is 2.93. The Morgan fingerprint density at radius 1 is 0.427 bits per heavy atom. The minimum atomic E-state index is -1.18. The number of ether oxygens (including phenoxy) is 4. The Hall–Kier alpha value is -11.8. The smallest absolute Gasteiger partial charge is 0.354 e. The summed E-state index contributed by atoms with van der Waals surface area (Å²) in [5, 5.41) is 64.9. The molecule has 0 fully saturated rings. The van der Waals surface area contributed by atoms with Crippen LogP contribution in [0.2, 0.25) is 0 Å². The van der Waals surface area contributed by atoms with Gasteiger partial charge in [0.25, 0.3) is 0 Å². The number of hydrogen-bond donors (Lipinski definition) is 5. The molecule has 0 bridgehead atoms. The maximum absolute atomic E-state index is 13.8. The van der Waals surface area contributed by atoms with Crippen LogP contribution in [-0.4, -0.2) is 195 Å². The van der Waals surface area contributed by atoms with Gasteiger partial charge in [-0.1, -0.05) is 0 Å². The van der Waals surface area contributed by atoms with Gasteiger partial charge in [-0.25, -0.2) is 48.7 Å². The molecule has 0 atom stereocenters. The molecule has 0 saturated heterocycles. The summed E-state index contributed by atoms with van der Waals surface area (Å²) in [7, 11) is 13.6. The van der Waals surface area contributed by atoms with Crippen molar-refractivity contribution < 1.29 is 72.8 Å². The lowest BCUT2D eigenvalue weighted by atomic mass is 10.1. The van der Waals surface area contributed by atoms with E-state index < -0.39 is 42.7 Å². The van der Waals surface area contributed by atoms with Crippen LogP contribution in [0.5, 0.6) is 23.8 Å². The lowest BCUT2D eigenvalue weighted by molar-refractivity contribution is 0.0675. The van der Waals surface area contributed by atoms with Crippen molar-refractivity contribution in [1.29, 1.82) is 0 Å². The monoisotopic (exact) mass is 1230 g/mol. The molecule has 34 nitrogen and oxygen atoms in total. The highest BCUT2D eigenvalue weighted by atomic mass is 19.1. The number of carbonyl (C=O) groups excluding carboxylic acids is 2. The van der Waals surface area contributed by atoms with Crippen molar-refractivity contribution in [2.75, 3.05) is 41.7 Å². The number of ketones is 2. The van der Waals surface area contributed by atoms with Crippen LogP contribution in [-0.2, 0) is 35.2 Å². The van der Waals surface area contributed by atoms with Gasteiger partial charge in [-0.2, -0.15) is 45.4 Å². The van der Waals surface area contributed by atoms with Crippen molar-refractivity contribution in [3.05, 3.63) is 126 Å². The predicted molar refractivity (Wildman–Crippen MR) is 305 cm³/mol. The number of halogens is 1. The van der Waals surface area contributed by atoms with Crippen molar-refractivity contribution in [1.82, 2.24) is 98.7 Å². The van der Waals surface area contributed by atoms with Gasteiger partial charge in [0.2, 0.25) is 23.3 Å². The molecule has 10 aromatic rings. The molecule has 464 valence electrons. The summed E-state index contributed by atoms with van der Waals surface area (Å²) < 4.78 is 40.4. The third kappa shape index (κ3) is 15.8. The van der Waals surface area contributed by atoms with Crippen LogP contribution >= 0.6 is 0 Å². The Morgan fingerprint density at radius 2 is 0.753 bits per heavy atom. The van der Waals surface area contributed by atoms with Crippen molar-refractivity contribution in [3.63, 3.8) is 0 Å². The van der Waals surface area contributed by atoms with E-state index in [0.29, 0.717) is 56.6 Å². The van der Waals surface area contributed by atoms with Gasteiger partial charge in [-0.15, -0.1) is 0 Å². The standard InChI is InChI=1S/C12H14N4O4.C11H12N4O4.C11H12N4O2.C10H9FN4O2.C10H10N4O2/c1-16-11(9(18)6-17)7(5-13-16)8-4-10(19-2)15-12(14-8)20-3;1-15-9(10(16)17)6(5-12-15)7-4-8(18-2)14-11(13-7)19-3;1-7-3-9(13-6-12-7)8-4-14-15(2)11(8)10(17)5-16;1-5-7(11)8(13-4-12-5)6-3-14-15(2)9(6)10(16)17;1-6-3-8(12-5-11-6)7-4-13-14(2)9(7)10(15)16/h4-5,17H,6H2,1-3H3;4-5H,1-3H3,(H,16,17);3-4,6,16H,5H2,1-2H3;3-4H,1-2H3,(H,16,17);3-5H,1-2H3,(H,15,16). The fraction of sp³-hybridized carbons (Fsp3) is 0.259.